The average molecular weight is 235 g/mol. The van der Waals surface area contributed by atoms with Gasteiger partial charge in [-0.2, -0.15) is 0 Å². The Bertz CT molecular complexity index is 403. The second kappa shape index (κ2) is 5.32. The smallest absolute Gasteiger partial charge is 0.317 e. The van der Waals surface area contributed by atoms with E-state index in [9.17, 15) is 4.79 Å². The first-order valence-electron chi connectivity index (χ1n) is 5.82. The topological polar surface area (TPSA) is 40.5 Å². The lowest BCUT2D eigenvalue weighted by Gasteiger charge is -2.26. The highest BCUT2D eigenvalue weighted by atomic mass is 16.4. The van der Waals surface area contributed by atoms with Gasteiger partial charge in [0.2, 0.25) is 0 Å². The van der Waals surface area contributed by atoms with Gasteiger partial charge in [0.05, 0.1) is 6.54 Å². The van der Waals surface area contributed by atoms with Crippen molar-refractivity contribution in [3.8, 4) is 0 Å². The first-order valence-corrected chi connectivity index (χ1v) is 5.82. The van der Waals surface area contributed by atoms with Crippen LogP contribution in [-0.2, 0) is 4.79 Å². The summed E-state index contributed by atoms with van der Waals surface area (Å²) < 4.78 is 0. The lowest BCUT2D eigenvalue weighted by molar-refractivity contribution is -0.138. The van der Waals surface area contributed by atoms with Gasteiger partial charge in [-0.15, -0.1) is 0 Å². The Morgan fingerprint density at radius 1 is 1.29 bits per heavy atom. The summed E-state index contributed by atoms with van der Waals surface area (Å²) in [6.07, 6.45) is 0. The normalized spacial score (nSPS) is 12.8. The number of carbonyl (C=O) groups is 1. The van der Waals surface area contributed by atoms with E-state index in [4.69, 9.17) is 5.11 Å². The van der Waals surface area contributed by atoms with Gasteiger partial charge in [-0.25, -0.2) is 0 Å². The Kier molecular flexibility index (Phi) is 4.29. The number of aliphatic carboxylic acids is 1. The standard InChI is InChI=1S/C14H21NO2/c1-9-6-10(2)14(11(3)7-9)12(4)15(5)8-13(16)17/h6-7,12H,8H2,1-5H3,(H,16,17). The fraction of sp³-hybridized carbons (Fsp3) is 0.500. The van der Waals surface area contributed by atoms with Crippen LogP contribution < -0.4 is 0 Å². The van der Waals surface area contributed by atoms with Gasteiger partial charge in [-0.1, -0.05) is 17.7 Å². The molecule has 0 spiro atoms. The molecule has 0 aliphatic carbocycles. The van der Waals surface area contributed by atoms with Crippen molar-refractivity contribution in [1.29, 1.82) is 0 Å². The summed E-state index contributed by atoms with van der Waals surface area (Å²) in [5, 5.41) is 8.82. The summed E-state index contributed by atoms with van der Waals surface area (Å²) in [6.45, 7) is 8.36. The van der Waals surface area contributed by atoms with Crippen molar-refractivity contribution in [3.63, 3.8) is 0 Å². The van der Waals surface area contributed by atoms with Crippen molar-refractivity contribution in [2.45, 2.75) is 33.7 Å². The molecule has 0 heterocycles. The molecule has 17 heavy (non-hydrogen) atoms. The number of hydrogen-bond donors (Lipinski definition) is 1. The number of hydrogen-bond acceptors (Lipinski definition) is 2. The molecule has 1 unspecified atom stereocenters. The van der Waals surface area contributed by atoms with Crippen LogP contribution >= 0.6 is 0 Å². The maximum Gasteiger partial charge on any atom is 0.317 e. The quantitative estimate of drug-likeness (QED) is 0.872. The first-order chi connectivity index (χ1) is 7.82. The molecule has 0 aromatic heterocycles. The minimum Gasteiger partial charge on any atom is -0.480 e. The number of carboxylic acid groups (broad SMARTS) is 1. The molecule has 3 heteroatoms. The highest BCUT2D eigenvalue weighted by molar-refractivity contribution is 5.69. The van der Waals surface area contributed by atoms with Gasteiger partial charge in [0.1, 0.15) is 0 Å². The Balaban J connectivity index is 3.03. The predicted molar refractivity (Wildman–Crippen MR) is 69.3 cm³/mol. The zero-order valence-electron chi connectivity index (χ0n) is 11.2. The van der Waals surface area contributed by atoms with Crippen molar-refractivity contribution in [1.82, 2.24) is 4.90 Å². The maximum absolute atomic E-state index is 10.7. The molecule has 1 aromatic rings. The molecule has 94 valence electrons. The molecule has 0 saturated carbocycles. The van der Waals surface area contributed by atoms with E-state index in [1.165, 1.54) is 22.3 Å². The number of carboxylic acids is 1. The summed E-state index contributed by atoms with van der Waals surface area (Å²) in [5.41, 5.74) is 4.94. The molecule has 0 radical (unpaired) electrons. The first kappa shape index (κ1) is 13.7. The van der Waals surface area contributed by atoms with Crippen molar-refractivity contribution in [2.24, 2.45) is 0 Å². The van der Waals surface area contributed by atoms with Crippen LogP contribution in [0.3, 0.4) is 0 Å². The third-order valence-corrected chi connectivity index (χ3v) is 3.20. The largest absolute Gasteiger partial charge is 0.480 e. The van der Waals surface area contributed by atoms with Gasteiger partial charge in [0.15, 0.2) is 0 Å². The molecule has 0 amide bonds. The summed E-state index contributed by atoms with van der Waals surface area (Å²) >= 11 is 0. The molecular formula is C14H21NO2. The second-order valence-electron chi connectivity index (χ2n) is 4.80. The van der Waals surface area contributed by atoms with Crippen molar-refractivity contribution >= 4 is 5.97 Å². The lowest BCUT2D eigenvalue weighted by Crippen LogP contribution is -2.29. The van der Waals surface area contributed by atoms with Gasteiger partial charge in [0.25, 0.3) is 0 Å². The van der Waals surface area contributed by atoms with Gasteiger partial charge in [0, 0.05) is 6.04 Å². The van der Waals surface area contributed by atoms with Gasteiger partial charge < -0.3 is 5.11 Å². The average Bonchev–Trinajstić information content (AvgIpc) is 2.14. The summed E-state index contributed by atoms with van der Waals surface area (Å²) in [7, 11) is 1.84. The molecule has 1 atom stereocenters. The Hall–Kier alpha value is -1.35. The van der Waals surface area contributed by atoms with Crippen LogP contribution in [0.1, 0.15) is 35.2 Å². The highest BCUT2D eigenvalue weighted by Gasteiger charge is 2.18. The summed E-state index contributed by atoms with van der Waals surface area (Å²) in [6, 6.07) is 4.41. The van der Waals surface area contributed by atoms with E-state index in [-0.39, 0.29) is 12.6 Å². The number of likely N-dealkylation sites (N-methyl/N-ethyl adjacent to an activating group) is 1. The molecule has 3 nitrogen and oxygen atoms in total. The molecule has 0 aliphatic heterocycles. The molecule has 0 fully saturated rings. The van der Waals surface area contributed by atoms with E-state index in [1.54, 1.807) is 0 Å². The molecule has 0 bridgehead atoms. The van der Waals surface area contributed by atoms with E-state index in [0.717, 1.165) is 0 Å². The third-order valence-electron chi connectivity index (χ3n) is 3.20. The molecule has 1 aromatic carbocycles. The maximum atomic E-state index is 10.7. The van der Waals surface area contributed by atoms with E-state index < -0.39 is 5.97 Å². The number of aryl methyl sites for hydroxylation is 3. The van der Waals surface area contributed by atoms with Gasteiger partial charge in [-0.05, 0) is 51.4 Å². The Labute approximate surface area is 103 Å². The van der Waals surface area contributed by atoms with Gasteiger partial charge in [-0.3, -0.25) is 9.69 Å². The summed E-state index contributed by atoms with van der Waals surface area (Å²) in [4.78, 5) is 12.6. The van der Waals surface area contributed by atoms with Crippen LogP contribution in [0.5, 0.6) is 0 Å². The summed E-state index contributed by atoms with van der Waals surface area (Å²) in [5.74, 6) is -0.790. The van der Waals surface area contributed by atoms with Crippen LogP contribution in [0.4, 0.5) is 0 Å². The fourth-order valence-electron chi connectivity index (χ4n) is 2.42. The predicted octanol–water partition coefficient (Wildman–Crippen LogP) is 2.69. The molecule has 1 N–H and O–H groups in total. The zero-order chi connectivity index (χ0) is 13.2. The van der Waals surface area contributed by atoms with Crippen LogP contribution in [0.2, 0.25) is 0 Å². The van der Waals surface area contributed by atoms with Crippen LogP contribution in [0, 0.1) is 20.8 Å². The van der Waals surface area contributed by atoms with E-state index >= 15 is 0 Å². The lowest BCUT2D eigenvalue weighted by atomic mass is 9.94. The van der Waals surface area contributed by atoms with Crippen molar-refractivity contribution in [2.75, 3.05) is 13.6 Å². The molecule has 0 saturated heterocycles. The minimum atomic E-state index is -0.790. The van der Waals surface area contributed by atoms with Gasteiger partial charge >= 0.3 is 5.97 Å². The fourth-order valence-corrected chi connectivity index (χ4v) is 2.42. The highest BCUT2D eigenvalue weighted by Crippen LogP contribution is 2.26. The molecular weight excluding hydrogens is 214 g/mol. The monoisotopic (exact) mass is 235 g/mol. The number of rotatable bonds is 4. The zero-order valence-corrected chi connectivity index (χ0v) is 11.2. The van der Waals surface area contributed by atoms with Crippen LogP contribution in [0.15, 0.2) is 12.1 Å². The Morgan fingerprint density at radius 3 is 2.18 bits per heavy atom. The number of nitrogens with zero attached hydrogens (tertiary/aromatic N) is 1. The van der Waals surface area contributed by atoms with E-state index in [2.05, 4.69) is 32.9 Å². The van der Waals surface area contributed by atoms with E-state index in [1.807, 2.05) is 18.9 Å². The second-order valence-corrected chi connectivity index (χ2v) is 4.80. The molecule has 1 rings (SSSR count). The third kappa shape index (κ3) is 3.30. The number of benzene rings is 1. The SMILES string of the molecule is Cc1cc(C)c(C(C)N(C)CC(=O)O)c(C)c1. The minimum absolute atomic E-state index is 0.0634. The van der Waals surface area contributed by atoms with Crippen molar-refractivity contribution in [3.05, 3.63) is 34.4 Å². The molecule has 0 aliphatic rings. The van der Waals surface area contributed by atoms with Crippen LogP contribution in [0.25, 0.3) is 0 Å². The van der Waals surface area contributed by atoms with E-state index in [0.29, 0.717) is 0 Å². The van der Waals surface area contributed by atoms with Crippen LogP contribution in [-0.4, -0.2) is 29.6 Å². The van der Waals surface area contributed by atoms with Crippen molar-refractivity contribution < 1.29 is 9.90 Å². The Morgan fingerprint density at radius 2 is 1.76 bits per heavy atom.